The van der Waals surface area contributed by atoms with Gasteiger partial charge in [-0.15, -0.1) is 0 Å². The molecule has 5 nitrogen and oxygen atoms in total. The van der Waals surface area contributed by atoms with Crippen molar-refractivity contribution in [2.24, 2.45) is 0 Å². The fourth-order valence-electron chi connectivity index (χ4n) is 1.64. The molecule has 0 amide bonds. The highest BCUT2D eigenvalue weighted by atomic mass is 15.3. The molecular weight excluding hydrogens is 226 g/mol. The number of hydrogen-bond donors (Lipinski definition) is 0. The molecule has 18 heavy (non-hydrogen) atoms. The molecule has 0 unspecified atom stereocenters. The molecule has 5 heteroatoms. The highest BCUT2D eigenvalue weighted by Crippen LogP contribution is 2.13. The van der Waals surface area contributed by atoms with Crippen LogP contribution in [-0.4, -0.2) is 24.7 Å². The second-order valence-electron chi connectivity index (χ2n) is 3.92. The molecule has 0 fully saturated rings. The number of rotatable bonds is 2. The monoisotopic (exact) mass is 237 g/mol. The van der Waals surface area contributed by atoms with Gasteiger partial charge < -0.3 is 0 Å². The van der Waals surface area contributed by atoms with Crippen LogP contribution in [0, 0.1) is 6.92 Å². The Hall–Kier alpha value is -2.56. The zero-order valence-electron chi connectivity index (χ0n) is 9.85. The van der Waals surface area contributed by atoms with Crippen molar-refractivity contribution in [2.45, 2.75) is 6.92 Å². The van der Waals surface area contributed by atoms with E-state index in [-0.39, 0.29) is 0 Å². The van der Waals surface area contributed by atoms with E-state index in [0.717, 1.165) is 17.1 Å². The van der Waals surface area contributed by atoms with Crippen LogP contribution >= 0.6 is 0 Å². The minimum atomic E-state index is 0.614. The molecule has 0 aliphatic rings. The van der Waals surface area contributed by atoms with E-state index in [1.165, 1.54) is 0 Å². The van der Waals surface area contributed by atoms with Gasteiger partial charge in [-0.2, -0.15) is 5.10 Å². The van der Waals surface area contributed by atoms with Crippen LogP contribution in [0.5, 0.6) is 0 Å². The molecule has 0 saturated heterocycles. The van der Waals surface area contributed by atoms with E-state index >= 15 is 0 Å². The van der Waals surface area contributed by atoms with Crippen LogP contribution in [0.2, 0.25) is 0 Å². The molecule has 3 aromatic heterocycles. The van der Waals surface area contributed by atoms with E-state index in [9.17, 15) is 0 Å². The van der Waals surface area contributed by atoms with Crippen molar-refractivity contribution >= 4 is 0 Å². The number of aromatic nitrogens is 5. The van der Waals surface area contributed by atoms with Crippen LogP contribution in [-0.2, 0) is 0 Å². The zero-order chi connectivity index (χ0) is 12.4. The van der Waals surface area contributed by atoms with E-state index in [2.05, 4.69) is 20.1 Å². The Kier molecular flexibility index (Phi) is 2.57. The fraction of sp³-hybridized carbons (Fsp3) is 0.0769. The van der Waals surface area contributed by atoms with E-state index < -0.39 is 0 Å². The lowest BCUT2D eigenvalue weighted by atomic mass is 10.3. The van der Waals surface area contributed by atoms with Crippen LogP contribution in [0.3, 0.4) is 0 Å². The summed E-state index contributed by atoms with van der Waals surface area (Å²) in [6, 6.07) is 7.49. The second-order valence-corrected chi connectivity index (χ2v) is 3.92. The van der Waals surface area contributed by atoms with Crippen LogP contribution in [0.4, 0.5) is 0 Å². The molecule has 0 saturated carbocycles. The number of pyridine rings is 1. The largest absolute Gasteiger partial charge is 0.235 e. The fourth-order valence-corrected chi connectivity index (χ4v) is 1.64. The van der Waals surface area contributed by atoms with Gasteiger partial charge in [0.15, 0.2) is 11.6 Å². The van der Waals surface area contributed by atoms with Gasteiger partial charge in [-0.05, 0) is 30.7 Å². The first-order valence-corrected chi connectivity index (χ1v) is 5.59. The molecule has 0 radical (unpaired) electrons. The molecule has 0 aliphatic heterocycles. The van der Waals surface area contributed by atoms with Crippen LogP contribution in [0.25, 0.3) is 17.3 Å². The quantitative estimate of drug-likeness (QED) is 0.684. The Balaban J connectivity index is 2.05. The predicted octanol–water partition coefficient (Wildman–Crippen LogP) is 2.03. The lowest BCUT2D eigenvalue weighted by Crippen LogP contribution is -1.99. The summed E-state index contributed by atoms with van der Waals surface area (Å²) in [7, 11) is 0. The van der Waals surface area contributed by atoms with Gasteiger partial charge in [-0.1, -0.05) is 6.07 Å². The summed E-state index contributed by atoms with van der Waals surface area (Å²) in [5, 5.41) is 4.23. The van der Waals surface area contributed by atoms with Gasteiger partial charge >= 0.3 is 0 Å². The molecule has 3 heterocycles. The van der Waals surface area contributed by atoms with Crippen molar-refractivity contribution in [3.8, 4) is 17.3 Å². The third kappa shape index (κ3) is 1.98. The summed E-state index contributed by atoms with van der Waals surface area (Å²) >= 11 is 0. The highest BCUT2D eigenvalue weighted by Gasteiger charge is 2.05. The van der Waals surface area contributed by atoms with Gasteiger partial charge in [-0.3, -0.25) is 0 Å². The number of aryl methyl sites for hydroxylation is 1. The Labute approximate surface area is 104 Å². The first-order chi connectivity index (χ1) is 8.83. The average molecular weight is 237 g/mol. The highest BCUT2D eigenvalue weighted by molar-refractivity contribution is 5.50. The van der Waals surface area contributed by atoms with E-state index in [4.69, 9.17) is 0 Å². The number of nitrogens with zero attached hydrogens (tertiary/aromatic N) is 5. The Morgan fingerprint density at radius 1 is 1.06 bits per heavy atom. The van der Waals surface area contributed by atoms with Crippen molar-refractivity contribution in [1.82, 2.24) is 24.7 Å². The maximum Gasteiger partial charge on any atom is 0.178 e. The molecule has 3 aromatic rings. The molecule has 0 N–H and O–H groups in total. The van der Waals surface area contributed by atoms with E-state index in [1.807, 2.05) is 31.3 Å². The minimum absolute atomic E-state index is 0.614. The maximum absolute atomic E-state index is 4.50. The van der Waals surface area contributed by atoms with Crippen molar-refractivity contribution in [3.63, 3.8) is 0 Å². The molecule has 88 valence electrons. The molecule has 0 spiro atoms. The van der Waals surface area contributed by atoms with Gasteiger partial charge in [0.05, 0.1) is 6.20 Å². The van der Waals surface area contributed by atoms with Gasteiger partial charge in [0.1, 0.15) is 5.69 Å². The summed E-state index contributed by atoms with van der Waals surface area (Å²) in [5.41, 5.74) is 1.83. The van der Waals surface area contributed by atoms with Gasteiger partial charge in [0, 0.05) is 18.6 Å². The smallest absolute Gasteiger partial charge is 0.178 e. The van der Waals surface area contributed by atoms with Gasteiger partial charge in [0.2, 0.25) is 0 Å². The van der Waals surface area contributed by atoms with Gasteiger partial charge in [0.25, 0.3) is 0 Å². The first kappa shape index (κ1) is 10.6. The molecule has 0 bridgehead atoms. The lowest BCUT2D eigenvalue weighted by Gasteiger charge is -2.03. The molecule has 0 aliphatic carbocycles. The summed E-state index contributed by atoms with van der Waals surface area (Å²) in [6.45, 7) is 1.99. The Morgan fingerprint density at radius 3 is 2.61 bits per heavy atom. The second kappa shape index (κ2) is 4.37. The normalized spacial score (nSPS) is 10.5. The van der Waals surface area contributed by atoms with Crippen molar-refractivity contribution in [3.05, 3.63) is 54.6 Å². The van der Waals surface area contributed by atoms with Crippen LogP contribution in [0.1, 0.15) is 5.56 Å². The molecule has 3 rings (SSSR count). The summed E-state index contributed by atoms with van der Waals surface area (Å²) in [6.07, 6.45) is 7.13. The Bertz CT molecular complexity index is 660. The average Bonchev–Trinajstić information content (AvgIpc) is 2.87. The summed E-state index contributed by atoms with van der Waals surface area (Å²) in [4.78, 5) is 12.9. The SMILES string of the molecule is Cc1cnn(-c2cccc(-c3ncccn3)n2)c1. The van der Waals surface area contributed by atoms with Crippen molar-refractivity contribution < 1.29 is 0 Å². The first-order valence-electron chi connectivity index (χ1n) is 5.59. The number of hydrogen-bond acceptors (Lipinski definition) is 4. The Morgan fingerprint density at radius 2 is 1.89 bits per heavy atom. The molecule has 0 aromatic carbocycles. The van der Waals surface area contributed by atoms with Gasteiger partial charge in [-0.25, -0.2) is 19.6 Å². The minimum Gasteiger partial charge on any atom is -0.235 e. The van der Waals surface area contributed by atoms with Crippen molar-refractivity contribution in [1.29, 1.82) is 0 Å². The van der Waals surface area contributed by atoms with Crippen LogP contribution < -0.4 is 0 Å². The maximum atomic E-state index is 4.50. The third-order valence-corrected chi connectivity index (χ3v) is 2.48. The molecular formula is C13H11N5. The van der Waals surface area contributed by atoms with Crippen LogP contribution in [0.15, 0.2) is 49.1 Å². The van der Waals surface area contributed by atoms with Crippen molar-refractivity contribution in [2.75, 3.05) is 0 Å². The lowest BCUT2D eigenvalue weighted by molar-refractivity contribution is 0.846. The van der Waals surface area contributed by atoms with E-state index in [1.54, 1.807) is 29.3 Å². The predicted molar refractivity (Wildman–Crippen MR) is 67.1 cm³/mol. The topological polar surface area (TPSA) is 56.5 Å². The third-order valence-electron chi connectivity index (χ3n) is 2.48. The standard InChI is InChI=1S/C13H11N5/c1-10-8-16-18(9-10)12-5-2-4-11(17-12)13-14-6-3-7-15-13/h2-9H,1H3. The zero-order valence-corrected chi connectivity index (χ0v) is 9.85. The summed E-state index contributed by atoms with van der Waals surface area (Å²) < 4.78 is 1.74. The van der Waals surface area contributed by atoms with E-state index in [0.29, 0.717) is 5.82 Å². The summed E-state index contributed by atoms with van der Waals surface area (Å²) in [5.74, 6) is 1.37. The molecule has 0 atom stereocenters.